The van der Waals surface area contributed by atoms with E-state index in [1.54, 1.807) is 0 Å². The Morgan fingerprint density at radius 3 is 2.52 bits per heavy atom. The van der Waals surface area contributed by atoms with Gasteiger partial charge in [0.2, 0.25) is 0 Å². The van der Waals surface area contributed by atoms with Gasteiger partial charge in [0.25, 0.3) is 0 Å². The van der Waals surface area contributed by atoms with Crippen LogP contribution in [0.15, 0.2) is 24.3 Å². The van der Waals surface area contributed by atoms with E-state index in [2.05, 4.69) is 12.2 Å². The number of rotatable bonds is 7. The van der Waals surface area contributed by atoms with E-state index >= 15 is 0 Å². The maximum Gasteiger partial charge on any atom is 0.119 e. The Morgan fingerprint density at radius 2 is 1.86 bits per heavy atom. The molecule has 2 N–H and O–H groups in total. The molecular weight excluding hydrogens is 262 g/mol. The Balaban J connectivity index is 1.63. The zero-order valence-corrected chi connectivity index (χ0v) is 13.4. The first kappa shape index (κ1) is 16.3. The minimum Gasteiger partial charge on any atom is -0.491 e. The molecule has 0 saturated heterocycles. The lowest BCUT2D eigenvalue weighted by Gasteiger charge is -2.34. The Bertz CT molecular complexity index is 410. The van der Waals surface area contributed by atoms with Gasteiger partial charge in [-0.3, -0.25) is 0 Å². The van der Waals surface area contributed by atoms with Crippen LogP contribution in [0.5, 0.6) is 5.75 Å². The van der Waals surface area contributed by atoms with Gasteiger partial charge in [-0.05, 0) is 37.3 Å². The van der Waals surface area contributed by atoms with E-state index in [1.165, 1.54) is 37.7 Å². The molecule has 118 valence electrons. The normalized spacial score (nSPS) is 19.2. The molecule has 0 radical (unpaired) electrons. The fraction of sp³-hybridized carbons (Fsp3) is 0.667. The van der Waals surface area contributed by atoms with Crippen LogP contribution >= 0.6 is 0 Å². The molecule has 0 spiro atoms. The predicted molar refractivity (Wildman–Crippen MR) is 86.7 cm³/mol. The highest BCUT2D eigenvalue weighted by atomic mass is 16.5. The molecule has 1 unspecified atom stereocenters. The Kier molecular flexibility index (Phi) is 6.07. The summed E-state index contributed by atoms with van der Waals surface area (Å²) in [6.45, 7) is 6.34. The summed E-state index contributed by atoms with van der Waals surface area (Å²) < 4.78 is 5.60. The number of aliphatic hydroxyl groups is 1. The van der Waals surface area contributed by atoms with Crippen LogP contribution in [-0.4, -0.2) is 30.9 Å². The minimum atomic E-state index is -0.460. The second kappa shape index (κ2) is 7.81. The third-order valence-corrected chi connectivity index (χ3v) is 4.46. The van der Waals surface area contributed by atoms with Gasteiger partial charge >= 0.3 is 0 Å². The summed E-state index contributed by atoms with van der Waals surface area (Å²) >= 11 is 0. The topological polar surface area (TPSA) is 41.5 Å². The molecule has 0 aliphatic heterocycles. The number of benzene rings is 1. The van der Waals surface area contributed by atoms with E-state index in [0.29, 0.717) is 18.6 Å². The van der Waals surface area contributed by atoms with Crippen LogP contribution in [0.4, 0.5) is 0 Å². The zero-order chi connectivity index (χ0) is 15.1. The molecule has 1 aliphatic carbocycles. The number of nitrogens with one attached hydrogen (secondary N) is 1. The van der Waals surface area contributed by atoms with E-state index in [-0.39, 0.29) is 0 Å². The van der Waals surface area contributed by atoms with Crippen LogP contribution in [0.1, 0.15) is 44.6 Å². The first-order chi connectivity index (χ1) is 10.1. The van der Waals surface area contributed by atoms with Crippen molar-refractivity contribution in [3.05, 3.63) is 29.8 Å². The number of aryl methyl sites for hydroxylation is 1. The van der Waals surface area contributed by atoms with Crippen molar-refractivity contribution >= 4 is 0 Å². The average Bonchev–Trinajstić information content (AvgIpc) is 2.47. The first-order valence-corrected chi connectivity index (χ1v) is 8.16. The van der Waals surface area contributed by atoms with Gasteiger partial charge < -0.3 is 15.2 Å². The first-order valence-electron chi connectivity index (χ1n) is 8.16. The van der Waals surface area contributed by atoms with Crippen LogP contribution in [-0.2, 0) is 0 Å². The highest BCUT2D eigenvalue weighted by molar-refractivity contribution is 5.26. The molecule has 1 aliphatic rings. The van der Waals surface area contributed by atoms with E-state index in [4.69, 9.17) is 4.74 Å². The second-order valence-electron chi connectivity index (χ2n) is 6.78. The van der Waals surface area contributed by atoms with Crippen molar-refractivity contribution < 1.29 is 9.84 Å². The van der Waals surface area contributed by atoms with Gasteiger partial charge in [-0.2, -0.15) is 0 Å². The molecule has 3 nitrogen and oxygen atoms in total. The molecule has 0 bridgehead atoms. The van der Waals surface area contributed by atoms with Crippen LogP contribution in [0.3, 0.4) is 0 Å². The Hall–Kier alpha value is -1.06. The standard InChI is InChI=1S/C18H29NO2/c1-15-6-8-17(9-7-15)21-13-16(20)12-19-14-18(2)10-4-3-5-11-18/h6-9,16,19-20H,3-5,10-14H2,1-2H3. The molecule has 21 heavy (non-hydrogen) atoms. The van der Waals surface area contributed by atoms with Crippen molar-refractivity contribution in [2.24, 2.45) is 5.41 Å². The summed E-state index contributed by atoms with van der Waals surface area (Å²) in [5.74, 6) is 0.818. The monoisotopic (exact) mass is 291 g/mol. The predicted octanol–water partition coefficient (Wildman–Crippen LogP) is 3.29. The van der Waals surface area contributed by atoms with Crippen molar-refractivity contribution in [3.8, 4) is 5.75 Å². The quantitative estimate of drug-likeness (QED) is 0.810. The van der Waals surface area contributed by atoms with Crippen LogP contribution in [0, 0.1) is 12.3 Å². The summed E-state index contributed by atoms with van der Waals surface area (Å²) in [6.07, 6.45) is 6.21. The number of aliphatic hydroxyl groups excluding tert-OH is 1. The minimum absolute atomic E-state index is 0.340. The smallest absolute Gasteiger partial charge is 0.119 e. The third kappa shape index (κ3) is 5.68. The van der Waals surface area contributed by atoms with E-state index in [0.717, 1.165) is 12.3 Å². The lowest BCUT2D eigenvalue weighted by molar-refractivity contribution is 0.100. The molecule has 1 saturated carbocycles. The highest BCUT2D eigenvalue weighted by Crippen LogP contribution is 2.34. The summed E-state index contributed by atoms with van der Waals surface area (Å²) in [5.41, 5.74) is 1.63. The van der Waals surface area contributed by atoms with Crippen LogP contribution in [0.2, 0.25) is 0 Å². The molecule has 3 heteroatoms. The summed E-state index contributed by atoms with van der Waals surface area (Å²) in [4.78, 5) is 0. The number of hydrogen-bond acceptors (Lipinski definition) is 3. The van der Waals surface area contributed by atoms with Gasteiger partial charge in [0.1, 0.15) is 18.5 Å². The molecule has 1 aromatic rings. The molecule has 0 aromatic heterocycles. The summed E-state index contributed by atoms with van der Waals surface area (Å²) in [6, 6.07) is 7.92. The molecule has 2 rings (SSSR count). The molecule has 0 amide bonds. The lowest BCUT2D eigenvalue weighted by atomic mass is 9.76. The van der Waals surface area contributed by atoms with Crippen molar-refractivity contribution in [1.82, 2.24) is 5.32 Å². The third-order valence-electron chi connectivity index (χ3n) is 4.46. The lowest BCUT2D eigenvalue weighted by Crippen LogP contribution is -2.39. The van der Waals surface area contributed by atoms with Gasteiger partial charge in [0, 0.05) is 13.1 Å². The Morgan fingerprint density at radius 1 is 1.19 bits per heavy atom. The van der Waals surface area contributed by atoms with Gasteiger partial charge in [0.15, 0.2) is 0 Å². The maximum atomic E-state index is 9.99. The largest absolute Gasteiger partial charge is 0.491 e. The van der Waals surface area contributed by atoms with Crippen LogP contribution < -0.4 is 10.1 Å². The molecular formula is C18H29NO2. The van der Waals surface area contributed by atoms with Crippen molar-refractivity contribution in [1.29, 1.82) is 0 Å². The molecule has 0 heterocycles. The highest BCUT2D eigenvalue weighted by Gasteiger charge is 2.26. The summed E-state index contributed by atoms with van der Waals surface area (Å²) in [7, 11) is 0. The van der Waals surface area contributed by atoms with Crippen molar-refractivity contribution in [2.45, 2.75) is 52.1 Å². The van der Waals surface area contributed by atoms with Gasteiger partial charge in [-0.1, -0.05) is 43.9 Å². The van der Waals surface area contributed by atoms with Gasteiger partial charge in [-0.15, -0.1) is 0 Å². The van der Waals surface area contributed by atoms with Gasteiger partial charge in [0.05, 0.1) is 0 Å². The maximum absolute atomic E-state index is 9.99. The SMILES string of the molecule is Cc1ccc(OCC(O)CNCC2(C)CCCCC2)cc1. The van der Waals surface area contributed by atoms with Gasteiger partial charge in [-0.25, -0.2) is 0 Å². The fourth-order valence-corrected chi connectivity index (χ4v) is 3.01. The van der Waals surface area contributed by atoms with Crippen molar-refractivity contribution in [3.63, 3.8) is 0 Å². The molecule has 1 aromatic carbocycles. The molecule has 1 fully saturated rings. The Labute approximate surface area is 128 Å². The molecule has 1 atom stereocenters. The number of hydrogen-bond donors (Lipinski definition) is 2. The number of ether oxygens (including phenoxy) is 1. The van der Waals surface area contributed by atoms with E-state index < -0.39 is 6.10 Å². The van der Waals surface area contributed by atoms with E-state index in [1.807, 2.05) is 31.2 Å². The fourth-order valence-electron chi connectivity index (χ4n) is 3.01. The average molecular weight is 291 g/mol. The second-order valence-corrected chi connectivity index (χ2v) is 6.78. The zero-order valence-electron chi connectivity index (χ0n) is 13.4. The van der Waals surface area contributed by atoms with Crippen molar-refractivity contribution in [2.75, 3.05) is 19.7 Å². The summed E-state index contributed by atoms with van der Waals surface area (Å²) in [5, 5.41) is 13.4. The van der Waals surface area contributed by atoms with E-state index in [9.17, 15) is 5.11 Å². The van der Waals surface area contributed by atoms with Crippen LogP contribution in [0.25, 0.3) is 0 Å².